The molecule has 0 aromatic rings. The molecule has 0 radical (unpaired) electrons. The maximum Gasteiger partial charge on any atom is 0.221 e. The van der Waals surface area contributed by atoms with E-state index in [-0.39, 0.29) is 0 Å². The van der Waals surface area contributed by atoms with E-state index in [1.54, 1.807) is 6.92 Å². The number of hydrogen-bond donors (Lipinski definition) is 3. The molecule has 0 saturated heterocycles. The number of hydrogen-bond acceptors (Lipinski definition) is 3. The number of aliphatic hydroxyl groups is 2. The van der Waals surface area contributed by atoms with Crippen LogP contribution in [-0.2, 0) is 0 Å². The van der Waals surface area contributed by atoms with E-state index >= 15 is 0 Å². The van der Waals surface area contributed by atoms with Crippen LogP contribution in [0.4, 0.5) is 0 Å². The van der Waals surface area contributed by atoms with Gasteiger partial charge in [0.25, 0.3) is 0 Å². The van der Waals surface area contributed by atoms with Gasteiger partial charge in [0.15, 0.2) is 0 Å². The summed E-state index contributed by atoms with van der Waals surface area (Å²) in [6, 6.07) is 0. The summed E-state index contributed by atoms with van der Waals surface area (Å²) < 4.78 is 0. The van der Waals surface area contributed by atoms with Gasteiger partial charge in [-0.25, -0.2) is 0 Å². The fourth-order valence-corrected chi connectivity index (χ4v) is 0.177. The van der Waals surface area contributed by atoms with Gasteiger partial charge in [0.1, 0.15) is 0 Å². The minimum absolute atomic E-state index is 0.295. The Morgan fingerprint density at radius 3 is 2.00 bits per heavy atom. The molecule has 3 heteroatoms. The Morgan fingerprint density at radius 1 is 1.57 bits per heavy atom. The van der Waals surface area contributed by atoms with Crippen molar-refractivity contribution in [2.45, 2.75) is 19.3 Å². The Labute approximate surface area is 43.0 Å². The van der Waals surface area contributed by atoms with Crippen molar-refractivity contribution in [3.05, 3.63) is 0 Å². The summed E-state index contributed by atoms with van der Waals surface area (Å²) >= 11 is 0. The molecule has 0 rings (SSSR count). The highest BCUT2D eigenvalue weighted by molar-refractivity contribution is 4.51. The van der Waals surface area contributed by atoms with Gasteiger partial charge in [-0.05, 0) is 7.05 Å². The van der Waals surface area contributed by atoms with Gasteiger partial charge in [0, 0.05) is 6.42 Å². The zero-order valence-corrected chi connectivity index (χ0v) is 4.60. The molecule has 7 heavy (non-hydrogen) atoms. The average molecular weight is 105 g/mol. The summed E-state index contributed by atoms with van der Waals surface area (Å²) in [4.78, 5) is 0. The molecular weight excluding hydrogens is 94.0 g/mol. The van der Waals surface area contributed by atoms with E-state index < -0.39 is 5.91 Å². The lowest BCUT2D eigenvalue weighted by atomic mass is 10.4. The Bertz CT molecular complexity index is 47.7. The highest BCUT2D eigenvalue weighted by Crippen LogP contribution is 1.95. The van der Waals surface area contributed by atoms with Crippen molar-refractivity contribution in [1.82, 2.24) is 5.32 Å². The van der Waals surface area contributed by atoms with E-state index in [1.165, 1.54) is 7.05 Å². The van der Waals surface area contributed by atoms with Gasteiger partial charge in [0.05, 0.1) is 0 Å². The van der Waals surface area contributed by atoms with Gasteiger partial charge in [-0.1, -0.05) is 6.92 Å². The third-order valence-corrected chi connectivity index (χ3v) is 0.893. The second-order valence-electron chi connectivity index (χ2n) is 1.42. The smallest absolute Gasteiger partial charge is 0.221 e. The second-order valence-corrected chi connectivity index (χ2v) is 1.42. The number of nitrogens with one attached hydrogen (secondary N) is 1. The first kappa shape index (κ1) is 6.88. The van der Waals surface area contributed by atoms with Crippen LogP contribution in [0.25, 0.3) is 0 Å². The van der Waals surface area contributed by atoms with Crippen LogP contribution in [0.1, 0.15) is 13.3 Å². The van der Waals surface area contributed by atoms with Crippen molar-refractivity contribution in [2.75, 3.05) is 7.05 Å². The standard InChI is InChI=1S/C4H11NO2/c1-3-4(6,7)5-2/h5-7H,3H2,1-2H3. The molecular formula is C4H11NO2. The third-order valence-electron chi connectivity index (χ3n) is 0.893. The summed E-state index contributed by atoms with van der Waals surface area (Å²) in [7, 11) is 1.49. The fourth-order valence-electron chi connectivity index (χ4n) is 0.177. The summed E-state index contributed by atoms with van der Waals surface area (Å²) in [6.45, 7) is 1.68. The monoisotopic (exact) mass is 105 g/mol. The van der Waals surface area contributed by atoms with Gasteiger partial charge in [0.2, 0.25) is 5.91 Å². The van der Waals surface area contributed by atoms with Gasteiger partial charge in [-0.15, -0.1) is 0 Å². The fraction of sp³-hybridized carbons (Fsp3) is 1.00. The van der Waals surface area contributed by atoms with E-state index in [9.17, 15) is 0 Å². The van der Waals surface area contributed by atoms with Crippen LogP contribution in [0.3, 0.4) is 0 Å². The molecule has 0 atom stereocenters. The van der Waals surface area contributed by atoms with Crippen molar-refractivity contribution in [3.63, 3.8) is 0 Å². The summed E-state index contributed by atoms with van der Waals surface area (Å²) in [6.07, 6.45) is 0.295. The van der Waals surface area contributed by atoms with E-state index in [2.05, 4.69) is 5.32 Å². The Hall–Kier alpha value is -0.120. The maximum atomic E-state index is 8.58. The first-order valence-corrected chi connectivity index (χ1v) is 2.26. The van der Waals surface area contributed by atoms with Gasteiger partial charge in [-0.2, -0.15) is 0 Å². The van der Waals surface area contributed by atoms with Crippen LogP contribution in [0.5, 0.6) is 0 Å². The minimum Gasteiger partial charge on any atom is -0.353 e. The maximum absolute atomic E-state index is 8.58. The molecule has 44 valence electrons. The SMILES string of the molecule is CCC(O)(O)NC. The Morgan fingerprint density at radius 2 is 2.00 bits per heavy atom. The second kappa shape index (κ2) is 2.26. The van der Waals surface area contributed by atoms with Crippen molar-refractivity contribution in [1.29, 1.82) is 0 Å². The van der Waals surface area contributed by atoms with Gasteiger partial charge in [-0.3, -0.25) is 5.32 Å². The predicted octanol–water partition coefficient (Wildman–Crippen LogP) is -0.746. The van der Waals surface area contributed by atoms with Crippen LogP contribution < -0.4 is 5.32 Å². The van der Waals surface area contributed by atoms with E-state index in [4.69, 9.17) is 10.2 Å². The van der Waals surface area contributed by atoms with Crippen molar-refractivity contribution in [3.8, 4) is 0 Å². The van der Waals surface area contributed by atoms with Crippen LogP contribution in [-0.4, -0.2) is 23.2 Å². The van der Waals surface area contributed by atoms with E-state index in [0.29, 0.717) is 6.42 Å². The molecule has 0 aliphatic rings. The Kier molecular flexibility index (Phi) is 2.22. The van der Waals surface area contributed by atoms with Crippen molar-refractivity contribution >= 4 is 0 Å². The molecule has 0 aliphatic carbocycles. The molecule has 3 nitrogen and oxygen atoms in total. The molecule has 0 aromatic heterocycles. The average Bonchev–Trinajstić information content (AvgIpc) is 1.68. The van der Waals surface area contributed by atoms with Crippen molar-refractivity contribution < 1.29 is 10.2 Å². The minimum atomic E-state index is -1.67. The lowest BCUT2D eigenvalue weighted by molar-refractivity contribution is -0.182. The quantitative estimate of drug-likeness (QED) is 0.405. The molecule has 0 bridgehead atoms. The van der Waals surface area contributed by atoms with Crippen LogP contribution in [0, 0.1) is 0 Å². The topological polar surface area (TPSA) is 52.5 Å². The molecule has 0 aliphatic heterocycles. The van der Waals surface area contributed by atoms with Crippen molar-refractivity contribution in [2.24, 2.45) is 0 Å². The first-order chi connectivity index (χ1) is 3.12. The predicted molar refractivity (Wildman–Crippen MR) is 26.5 cm³/mol. The largest absolute Gasteiger partial charge is 0.353 e. The molecule has 0 amide bonds. The lowest BCUT2D eigenvalue weighted by Gasteiger charge is -2.16. The highest BCUT2D eigenvalue weighted by Gasteiger charge is 2.14. The molecule has 0 unspecified atom stereocenters. The lowest BCUT2D eigenvalue weighted by Crippen LogP contribution is -2.41. The summed E-state index contributed by atoms with van der Waals surface area (Å²) in [5, 5.41) is 19.5. The molecule has 0 heterocycles. The highest BCUT2D eigenvalue weighted by atomic mass is 16.5. The molecule has 0 spiro atoms. The first-order valence-electron chi connectivity index (χ1n) is 2.26. The van der Waals surface area contributed by atoms with E-state index in [1.807, 2.05) is 0 Å². The molecule has 0 aromatic carbocycles. The summed E-state index contributed by atoms with van der Waals surface area (Å²) in [5.41, 5.74) is 0. The van der Waals surface area contributed by atoms with Crippen LogP contribution in [0.15, 0.2) is 0 Å². The number of rotatable bonds is 2. The normalized spacial score (nSPS) is 12.0. The van der Waals surface area contributed by atoms with E-state index in [0.717, 1.165) is 0 Å². The van der Waals surface area contributed by atoms with Gasteiger partial charge < -0.3 is 10.2 Å². The molecule has 0 fully saturated rings. The van der Waals surface area contributed by atoms with Crippen LogP contribution >= 0.6 is 0 Å². The van der Waals surface area contributed by atoms with Gasteiger partial charge >= 0.3 is 0 Å². The Balaban J connectivity index is 3.36. The zero-order valence-electron chi connectivity index (χ0n) is 4.60. The zero-order chi connectivity index (χ0) is 5.91. The van der Waals surface area contributed by atoms with Crippen LogP contribution in [0.2, 0.25) is 0 Å². The summed E-state index contributed by atoms with van der Waals surface area (Å²) in [5.74, 6) is -1.67. The molecule has 3 N–H and O–H groups in total. The molecule has 0 saturated carbocycles. The third kappa shape index (κ3) is 2.56.